The van der Waals surface area contributed by atoms with Crippen LogP contribution in [-0.4, -0.2) is 17.6 Å². The number of nitrogens with one attached hydrogen (secondary N) is 1. The van der Waals surface area contributed by atoms with Crippen LogP contribution in [0.15, 0.2) is 41.1 Å². The second-order valence-corrected chi connectivity index (χ2v) is 5.44. The van der Waals surface area contributed by atoms with Crippen molar-refractivity contribution in [1.82, 2.24) is 5.32 Å². The molecule has 0 radical (unpaired) electrons. The normalized spacial score (nSPS) is 13.2. The van der Waals surface area contributed by atoms with Crippen LogP contribution in [0.3, 0.4) is 0 Å². The van der Waals surface area contributed by atoms with Crippen molar-refractivity contribution in [3.63, 3.8) is 0 Å². The van der Waals surface area contributed by atoms with Crippen molar-refractivity contribution in [3.8, 4) is 6.07 Å². The summed E-state index contributed by atoms with van der Waals surface area (Å²) in [5, 5.41) is 25.5. The maximum atomic E-state index is 12.0. The zero-order chi connectivity index (χ0) is 14.6. The first-order valence-electron chi connectivity index (χ1n) is 6.06. The average Bonchev–Trinajstić information content (AvgIpc) is 3.00. The van der Waals surface area contributed by atoms with E-state index in [9.17, 15) is 9.90 Å². The highest BCUT2D eigenvalue weighted by Gasteiger charge is 2.24. The number of aliphatic hydroxyl groups is 1. The number of hydrogen-bond acceptors (Lipinski definition) is 4. The summed E-state index contributed by atoms with van der Waals surface area (Å²) in [6.07, 6.45) is 0. The molecule has 102 valence electrons. The van der Waals surface area contributed by atoms with E-state index in [1.807, 2.05) is 22.9 Å². The molecule has 1 unspecified atom stereocenters. The first-order valence-corrected chi connectivity index (χ1v) is 7.00. The third-order valence-corrected chi connectivity index (χ3v) is 3.67. The Kier molecular flexibility index (Phi) is 4.18. The van der Waals surface area contributed by atoms with Crippen molar-refractivity contribution in [2.75, 3.05) is 6.54 Å². The van der Waals surface area contributed by atoms with Crippen molar-refractivity contribution >= 4 is 17.2 Å². The Bertz CT molecular complexity index is 642. The summed E-state index contributed by atoms with van der Waals surface area (Å²) in [5.74, 6) is -0.308. The predicted molar refractivity (Wildman–Crippen MR) is 77.4 cm³/mol. The number of benzene rings is 1. The van der Waals surface area contributed by atoms with Gasteiger partial charge in [-0.15, -0.1) is 0 Å². The molecule has 1 heterocycles. The Labute approximate surface area is 121 Å². The molecule has 0 saturated heterocycles. The third-order valence-electron chi connectivity index (χ3n) is 2.99. The van der Waals surface area contributed by atoms with E-state index in [2.05, 4.69) is 5.32 Å². The fourth-order valence-electron chi connectivity index (χ4n) is 1.76. The molecule has 1 atom stereocenters. The predicted octanol–water partition coefficient (Wildman–Crippen LogP) is 2.26. The molecule has 0 aliphatic carbocycles. The minimum Gasteiger partial charge on any atom is -0.384 e. The molecule has 0 spiro atoms. The smallest absolute Gasteiger partial charge is 0.251 e. The summed E-state index contributed by atoms with van der Waals surface area (Å²) in [7, 11) is 0. The Morgan fingerprint density at radius 2 is 2.30 bits per heavy atom. The zero-order valence-electron chi connectivity index (χ0n) is 11.0. The summed E-state index contributed by atoms with van der Waals surface area (Å²) in [6, 6.07) is 10.3. The lowest BCUT2D eigenvalue weighted by Gasteiger charge is -2.22. The molecule has 2 rings (SSSR count). The largest absolute Gasteiger partial charge is 0.384 e. The van der Waals surface area contributed by atoms with E-state index in [1.54, 1.807) is 25.1 Å². The van der Waals surface area contributed by atoms with Crippen LogP contribution in [-0.2, 0) is 5.60 Å². The van der Waals surface area contributed by atoms with Crippen molar-refractivity contribution in [2.45, 2.75) is 12.5 Å². The molecule has 20 heavy (non-hydrogen) atoms. The van der Waals surface area contributed by atoms with Gasteiger partial charge in [0.1, 0.15) is 5.60 Å². The molecule has 0 saturated carbocycles. The Morgan fingerprint density at radius 3 is 2.95 bits per heavy atom. The first-order chi connectivity index (χ1) is 9.53. The van der Waals surface area contributed by atoms with E-state index in [0.29, 0.717) is 11.1 Å². The van der Waals surface area contributed by atoms with E-state index in [4.69, 9.17) is 5.26 Å². The standard InChI is InChI=1S/C15H14N2O2S/c1-15(19,13-5-6-20-9-13)10-17-14(18)12-4-2-3-11(7-12)8-16/h2-7,9,19H,10H2,1H3,(H,17,18). The molecular formula is C15H14N2O2S. The maximum absolute atomic E-state index is 12.0. The van der Waals surface area contributed by atoms with E-state index in [-0.39, 0.29) is 12.5 Å². The number of thiophene rings is 1. The second-order valence-electron chi connectivity index (χ2n) is 4.66. The number of amides is 1. The number of nitriles is 1. The van der Waals surface area contributed by atoms with Gasteiger partial charge in [-0.05, 0) is 47.5 Å². The van der Waals surface area contributed by atoms with Gasteiger partial charge >= 0.3 is 0 Å². The van der Waals surface area contributed by atoms with Crippen LogP contribution in [0.25, 0.3) is 0 Å². The summed E-state index contributed by atoms with van der Waals surface area (Å²) >= 11 is 1.49. The SMILES string of the molecule is CC(O)(CNC(=O)c1cccc(C#N)c1)c1ccsc1. The maximum Gasteiger partial charge on any atom is 0.251 e. The Balaban J connectivity index is 2.04. The first kappa shape index (κ1) is 14.3. The number of rotatable bonds is 4. The molecule has 2 aromatic rings. The molecule has 1 aromatic carbocycles. The number of hydrogen-bond donors (Lipinski definition) is 2. The topological polar surface area (TPSA) is 73.1 Å². The summed E-state index contributed by atoms with van der Waals surface area (Å²) in [4.78, 5) is 12.0. The van der Waals surface area contributed by atoms with E-state index >= 15 is 0 Å². The fraction of sp³-hybridized carbons (Fsp3) is 0.200. The molecular weight excluding hydrogens is 272 g/mol. The fourth-order valence-corrected chi connectivity index (χ4v) is 2.54. The summed E-state index contributed by atoms with van der Waals surface area (Å²) in [5.41, 5.74) is 0.503. The lowest BCUT2D eigenvalue weighted by atomic mass is 9.99. The summed E-state index contributed by atoms with van der Waals surface area (Å²) < 4.78 is 0. The van der Waals surface area contributed by atoms with Gasteiger partial charge in [-0.3, -0.25) is 4.79 Å². The molecule has 0 aliphatic rings. The molecule has 1 amide bonds. The van der Waals surface area contributed by atoms with Crippen LogP contribution in [0.1, 0.15) is 28.4 Å². The van der Waals surface area contributed by atoms with Crippen molar-refractivity contribution in [2.24, 2.45) is 0 Å². The lowest BCUT2D eigenvalue weighted by Crippen LogP contribution is -2.38. The Morgan fingerprint density at radius 1 is 1.50 bits per heavy atom. The van der Waals surface area contributed by atoms with Gasteiger partial charge in [0.15, 0.2) is 0 Å². The van der Waals surface area contributed by atoms with Crippen molar-refractivity contribution in [1.29, 1.82) is 5.26 Å². The molecule has 1 aromatic heterocycles. The number of nitrogens with zero attached hydrogens (tertiary/aromatic N) is 1. The zero-order valence-corrected chi connectivity index (χ0v) is 11.8. The minimum atomic E-state index is -1.11. The third kappa shape index (κ3) is 3.23. The van der Waals surface area contributed by atoms with Gasteiger partial charge in [-0.1, -0.05) is 6.07 Å². The van der Waals surface area contributed by atoms with Gasteiger partial charge in [0.05, 0.1) is 18.2 Å². The van der Waals surface area contributed by atoms with E-state index in [0.717, 1.165) is 5.56 Å². The van der Waals surface area contributed by atoms with Gasteiger partial charge < -0.3 is 10.4 Å². The van der Waals surface area contributed by atoms with Gasteiger partial charge in [0.2, 0.25) is 0 Å². The number of carbonyl (C=O) groups is 1. The monoisotopic (exact) mass is 286 g/mol. The Hall–Kier alpha value is -2.16. The second kappa shape index (κ2) is 5.87. The van der Waals surface area contributed by atoms with Crippen LogP contribution in [0.4, 0.5) is 0 Å². The van der Waals surface area contributed by atoms with Crippen molar-refractivity contribution < 1.29 is 9.90 Å². The highest BCUT2D eigenvalue weighted by atomic mass is 32.1. The van der Waals surface area contributed by atoms with Crippen LogP contribution >= 0.6 is 11.3 Å². The van der Waals surface area contributed by atoms with Gasteiger partial charge in [0.25, 0.3) is 5.91 Å². The van der Waals surface area contributed by atoms with Crippen LogP contribution in [0.5, 0.6) is 0 Å². The van der Waals surface area contributed by atoms with Gasteiger partial charge in [-0.2, -0.15) is 16.6 Å². The van der Waals surface area contributed by atoms with Crippen molar-refractivity contribution in [3.05, 3.63) is 57.8 Å². The minimum absolute atomic E-state index is 0.110. The molecule has 4 nitrogen and oxygen atoms in total. The molecule has 0 bridgehead atoms. The molecule has 0 aliphatic heterocycles. The average molecular weight is 286 g/mol. The number of carbonyl (C=O) groups excluding carboxylic acids is 1. The molecule has 5 heteroatoms. The molecule has 2 N–H and O–H groups in total. The lowest BCUT2D eigenvalue weighted by molar-refractivity contribution is 0.0530. The van der Waals surface area contributed by atoms with Crippen LogP contribution in [0, 0.1) is 11.3 Å². The van der Waals surface area contributed by atoms with E-state index < -0.39 is 5.60 Å². The van der Waals surface area contributed by atoms with Crippen LogP contribution < -0.4 is 5.32 Å². The summed E-state index contributed by atoms with van der Waals surface area (Å²) in [6.45, 7) is 1.76. The molecule has 0 fully saturated rings. The van der Waals surface area contributed by atoms with E-state index in [1.165, 1.54) is 17.4 Å². The highest BCUT2D eigenvalue weighted by molar-refractivity contribution is 7.08. The highest BCUT2D eigenvalue weighted by Crippen LogP contribution is 2.22. The van der Waals surface area contributed by atoms with Gasteiger partial charge in [-0.25, -0.2) is 0 Å². The van der Waals surface area contributed by atoms with Crippen LogP contribution in [0.2, 0.25) is 0 Å². The quantitative estimate of drug-likeness (QED) is 0.905. The van der Waals surface area contributed by atoms with Gasteiger partial charge in [0, 0.05) is 5.56 Å².